The molecule has 0 spiro atoms. The average Bonchev–Trinajstić information content (AvgIpc) is 2.29. The number of carbonyl (C=O) groups is 2. The maximum atomic E-state index is 11.6. The van der Waals surface area contributed by atoms with E-state index in [1.54, 1.807) is 25.1 Å². The van der Waals surface area contributed by atoms with Crippen molar-refractivity contribution in [3.63, 3.8) is 0 Å². The zero-order chi connectivity index (χ0) is 11.5. The summed E-state index contributed by atoms with van der Waals surface area (Å²) in [4.78, 5) is 23.1. The Morgan fingerprint density at radius 2 is 2.31 bits per heavy atom. The van der Waals surface area contributed by atoms with Gasteiger partial charge in [-0.3, -0.25) is 4.79 Å². The molecule has 2 rings (SSSR count). The molecule has 0 radical (unpaired) electrons. The van der Waals surface area contributed by atoms with Gasteiger partial charge in [-0.1, -0.05) is 0 Å². The third-order valence-electron chi connectivity index (χ3n) is 2.50. The largest absolute Gasteiger partial charge is 0.462 e. The zero-order valence-corrected chi connectivity index (χ0v) is 9.08. The Bertz CT molecular complexity index is 440. The summed E-state index contributed by atoms with van der Waals surface area (Å²) < 4.78 is 4.88. The van der Waals surface area contributed by atoms with Crippen molar-refractivity contribution < 1.29 is 14.3 Å². The summed E-state index contributed by atoms with van der Waals surface area (Å²) in [5.41, 5.74) is 1.80. The number of nitrogens with one attached hydrogen (secondary N) is 1. The maximum Gasteiger partial charge on any atom is 0.338 e. The molecule has 4 heteroatoms. The van der Waals surface area contributed by atoms with Gasteiger partial charge in [0, 0.05) is 24.2 Å². The normalized spacial score (nSPS) is 13.9. The molecule has 0 aliphatic carbocycles. The summed E-state index contributed by atoms with van der Waals surface area (Å²) >= 11 is 0. The minimum absolute atomic E-state index is 0.0694. The third-order valence-corrected chi connectivity index (χ3v) is 2.50. The highest BCUT2D eigenvalue weighted by molar-refractivity contribution is 6.05. The maximum absolute atomic E-state index is 11.6. The Labute approximate surface area is 93.6 Å². The van der Waals surface area contributed by atoms with E-state index in [-0.39, 0.29) is 11.8 Å². The number of hydrogen-bond donors (Lipinski definition) is 1. The Morgan fingerprint density at radius 3 is 3.06 bits per heavy atom. The first-order valence-electron chi connectivity index (χ1n) is 5.30. The lowest BCUT2D eigenvalue weighted by Crippen LogP contribution is -2.18. The summed E-state index contributed by atoms with van der Waals surface area (Å²) in [5, 5.41) is 3.12. The minimum Gasteiger partial charge on any atom is -0.462 e. The molecule has 0 unspecified atom stereocenters. The van der Waals surface area contributed by atoms with Crippen LogP contribution in [-0.2, 0) is 4.74 Å². The molecule has 1 aliphatic heterocycles. The molecule has 1 aliphatic rings. The first kappa shape index (κ1) is 10.7. The highest BCUT2D eigenvalue weighted by Gasteiger charge is 2.18. The van der Waals surface area contributed by atoms with Crippen molar-refractivity contribution in [2.75, 3.05) is 18.5 Å². The number of carbonyl (C=O) groups excluding carboxylic acids is 2. The van der Waals surface area contributed by atoms with E-state index >= 15 is 0 Å². The number of fused-ring (bicyclic) bond motifs is 1. The Morgan fingerprint density at radius 1 is 1.50 bits per heavy atom. The van der Waals surface area contributed by atoms with Gasteiger partial charge in [0.15, 0.2) is 5.78 Å². The average molecular weight is 219 g/mol. The highest BCUT2D eigenvalue weighted by atomic mass is 16.5. The lowest BCUT2D eigenvalue weighted by Gasteiger charge is -2.17. The number of rotatable bonds is 2. The van der Waals surface area contributed by atoms with Crippen molar-refractivity contribution in [2.45, 2.75) is 13.3 Å². The van der Waals surface area contributed by atoms with E-state index in [1.807, 2.05) is 0 Å². The number of ketones is 1. The standard InChI is InChI=1S/C12H13NO3/c1-2-16-12(15)8-3-4-10-9(7-8)11(14)5-6-13-10/h3-4,7,13H,2,5-6H2,1H3. The second-order valence-electron chi connectivity index (χ2n) is 3.58. The molecule has 0 atom stereocenters. The molecule has 1 aromatic rings. The molecule has 0 amide bonds. The van der Waals surface area contributed by atoms with Gasteiger partial charge in [0.25, 0.3) is 0 Å². The van der Waals surface area contributed by atoms with Gasteiger partial charge in [0.1, 0.15) is 0 Å². The molecule has 0 bridgehead atoms. The van der Waals surface area contributed by atoms with E-state index in [9.17, 15) is 9.59 Å². The van der Waals surface area contributed by atoms with Gasteiger partial charge in [-0.2, -0.15) is 0 Å². The number of ether oxygens (including phenoxy) is 1. The second kappa shape index (κ2) is 4.35. The molecular formula is C12H13NO3. The zero-order valence-electron chi connectivity index (χ0n) is 9.08. The third kappa shape index (κ3) is 1.91. The highest BCUT2D eigenvalue weighted by Crippen LogP contribution is 2.23. The Hall–Kier alpha value is -1.84. The van der Waals surface area contributed by atoms with Crippen LogP contribution in [0, 0.1) is 0 Å². The van der Waals surface area contributed by atoms with Crippen LogP contribution in [0.3, 0.4) is 0 Å². The van der Waals surface area contributed by atoms with Crippen LogP contribution in [-0.4, -0.2) is 24.9 Å². The molecule has 1 aromatic carbocycles. The van der Waals surface area contributed by atoms with Gasteiger partial charge in [-0.25, -0.2) is 4.79 Å². The van der Waals surface area contributed by atoms with Crippen LogP contribution in [0.25, 0.3) is 0 Å². The summed E-state index contributed by atoms with van der Waals surface area (Å²) in [6.45, 7) is 2.75. The minimum atomic E-state index is -0.385. The van der Waals surface area contributed by atoms with E-state index in [0.717, 1.165) is 5.69 Å². The molecular weight excluding hydrogens is 206 g/mol. The molecule has 0 saturated carbocycles. The summed E-state index contributed by atoms with van der Waals surface area (Å²) in [7, 11) is 0. The van der Waals surface area contributed by atoms with Crippen molar-refractivity contribution in [3.05, 3.63) is 29.3 Å². The first-order chi connectivity index (χ1) is 7.72. The van der Waals surface area contributed by atoms with Crippen LogP contribution in [0.5, 0.6) is 0 Å². The van der Waals surface area contributed by atoms with Crippen molar-refractivity contribution >= 4 is 17.4 Å². The molecule has 4 nitrogen and oxygen atoms in total. The fraction of sp³-hybridized carbons (Fsp3) is 0.333. The SMILES string of the molecule is CCOC(=O)c1ccc2c(c1)C(=O)CCN2. The lowest BCUT2D eigenvalue weighted by molar-refractivity contribution is 0.0526. The van der Waals surface area contributed by atoms with Crippen LogP contribution >= 0.6 is 0 Å². The van der Waals surface area contributed by atoms with Gasteiger partial charge in [0.05, 0.1) is 12.2 Å². The molecule has 1 N–H and O–H groups in total. The van der Waals surface area contributed by atoms with Crippen LogP contribution in [0.2, 0.25) is 0 Å². The van der Waals surface area contributed by atoms with Crippen LogP contribution in [0.1, 0.15) is 34.1 Å². The van der Waals surface area contributed by atoms with Crippen molar-refractivity contribution in [1.29, 1.82) is 0 Å². The van der Waals surface area contributed by atoms with Crippen molar-refractivity contribution in [1.82, 2.24) is 0 Å². The van der Waals surface area contributed by atoms with Crippen molar-refractivity contribution in [3.8, 4) is 0 Å². The smallest absolute Gasteiger partial charge is 0.338 e. The van der Waals surface area contributed by atoms with Crippen molar-refractivity contribution in [2.24, 2.45) is 0 Å². The monoisotopic (exact) mass is 219 g/mol. The fourth-order valence-electron chi connectivity index (χ4n) is 1.72. The predicted molar refractivity (Wildman–Crippen MR) is 59.8 cm³/mol. The van der Waals surface area contributed by atoms with Gasteiger partial charge < -0.3 is 10.1 Å². The molecule has 16 heavy (non-hydrogen) atoms. The van der Waals surface area contributed by atoms with E-state index < -0.39 is 0 Å². The topological polar surface area (TPSA) is 55.4 Å². The number of benzene rings is 1. The molecule has 0 saturated heterocycles. The Kier molecular flexibility index (Phi) is 2.90. The number of hydrogen-bond acceptors (Lipinski definition) is 4. The van der Waals surface area contributed by atoms with E-state index in [4.69, 9.17) is 4.74 Å². The van der Waals surface area contributed by atoms with Crippen LogP contribution in [0.15, 0.2) is 18.2 Å². The van der Waals surface area contributed by atoms with Crippen LogP contribution < -0.4 is 5.32 Å². The van der Waals surface area contributed by atoms with E-state index in [2.05, 4.69) is 5.32 Å². The van der Waals surface area contributed by atoms with Gasteiger partial charge in [-0.15, -0.1) is 0 Å². The predicted octanol–water partition coefficient (Wildman–Crippen LogP) is 1.86. The summed E-state index contributed by atoms with van der Waals surface area (Å²) in [5.74, 6) is -0.316. The molecule has 1 heterocycles. The van der Waals surface area contributed by atoms with Gasteiger partial charge in [-0.05, 0) is 25.1 Å². The fourth-order valence-corrected chi connectivity index (χ4v) is 1.72. The molecule has 0 aromatic heterocycles. The second-order valence-corrected chi connectivity index (χ2v) is 3.58. The molecule has 0 fully saturated rings. The van der Waals surface area contributed by atoms with Gasteiger partial charge in [0.2, 0.25) is 0 Å². The Balaban J connectivity index is 2.34. The number of anilines is 1. The molecule has 84 valence electrons. The van der Waals surface area contributed by atoms with E-state index in [0.29, 0.717) is 30.7 Å². The number of Topliss-reactive ketones (excluding diaryl/α,β-unsaturated/α-hetero) is 1. The summed E-state index contributed by atoms with van der Waals surface area (Å²) in [6.07, 6.45) is 0.472. The first-order valence-corrected chi connectivity index (χ1v) is 5.30. The van der Waals surface area contributed by atoms with E-state index in [1.165, 1.54) is 0 Å². The lowest BCUT2D eigenvalue weighted by atomic mass is 10.00. The quantitative estimate of drug-likeness (QED) is 0.771. The number of esters is 1. The van der Waals surface area contributed by atoms with Gasteiger partial charge >= 0.3 is 5.97 Å². The van der Waals surface area contributed by atoms with Crippen LogP contribution in [0.4, 0.5) is 5.69 Å². The summed E-state index contributed by atoms with van der Waals surface area (Å²) in [6, 6.07) is 5.02.